The highest BCUT2D eigenvalue weighted by Crippen LogP contribution is 2.45. The third kappa shape index (κ3) is 3.34. The van der Waals surface area contributed by atoms with Crippen molar-refractivity contribution in [2.75, 3.05) is 6.54 Å². The van der Waals surface area contributed by atoms with Crippen LogP contribution in [0.2, 0.25) is 0 Å². The summed E-state index contributed by atoms with van der Waals surface area (Å²) in [6.45, 7) is 2.67. The van der Waals surface area contributed by atoms with Gasteiger partial charge in [-0.25, -0.2) is 4.79 Å². The van der Waals surface area contributed by atoms with Gasteiger partial charge in [0.25, 0.3) is 0 Å². The van der Waals surface area contributed by atoms with Crippen LogP contribution in [0.5, 0.6) is 0 Å². The fourth-order valence-electron chi connectivity index (χ4n) is 2.69. The van der Waals surface area contributed by atoms with Crippen LogP contribution in [0, 0.1) is 5.92 Å². The second-order valence-electron chi connectivity index (χ2n) is 5.87. The van der Waals surface area contributed by atoms with Crippen LogP contribution in [0.25, 0.3) is 5.70 Å². The molecule has 1 unspecified atom stereocenters. The van der Waals surface area contributed by atoms with Gasteiger partial charge in [0.15, 0.2) is 0 Å². The van der Waals surface area contributed by atoms with Crippen molar-refractivity contribution >= 4 is 23.4 Å². The van der Waals surface area contributed by atoms with E-state index in [-0.39, 0.29) is 10.3 Å². The smallest absolute Gasteiger partial charge is 0.416 e. The van der Waals surface area contributed by atoms with Crippen molar-refractivity contribution in [3.63, 3.8) is 0 Å². The lowest BCUT2D eigenvalue weighted by Gasteiger charge is -2.27. The molecule has 1 aromatic rings. The van der Waals surface area contributed by atoms with Gasteiger partial charge >= 0.3 is 12.1 Å². The molecule has 1 atom stereocenters. The number of benzene rings is 1. The summed E-state index contributed by atoms with van der Waals surface area (Å²) in [5, 5.41) is 9.40. The van der Waals surface area contributed by atoms with Gasteiger partial charge in [0.2, 0.25) is 0 Å². The van der Waals surface area contributed by atoms with Crippen LogP contribution < -0.4 is 0 Å². The first-order chi connectivity index (χ1) is 10.8. The highest BCUT2D eigenvalue weighted by molar-refractivity contribution is 8.05. The Morgan fingerprint density at radius 1 is 1.30 bits per heavy atom. The van der Waals surface area contributed by atoms with Crippen LogP contribution in [0.1, 0.15) is 30.9 Å². The molecule has 1 saturated carbocycles. The topological polar surface area (TPSA) is 40.5 Å². The van der Waals surface area contributed by atoms with E-state index in [1.165, 1.54) is 23.9 Å². The van der Waals surface area contributed by atoms with E-state index in [9.17, 15) is 23.1 Å². The molecule has 0 radical (unpaired) electrons. The second-order valence-corrected chi connectivity index (χ2v) is 7.20. The lowest BCUT2D eigenvalue weighted by atomic mass is 10.1. The third-order valence-corrected chi connectivity index (χ3v) is 5.26. The lowest BCUT2D eigenvalue weighted by molar-refractivity contribution is -0.137. The number of carbonyl (C=O) groups is 1. The summed E-state index contributed by atoms with van der Waals surface area (Å²) in [4.78, 5) is 13.7. The first kappa shape index (κ1) is 16.2. The number of aliphatic carboxylic acids is 1. The summed E-state index contributed by atoms with van der Waals surface area (Å²) >= 11 is 1.25. The molecule has 124 valence electrons. The summed E-state index contributed by atoms with van der Waals surface area (Å²) in [7, 11) is 0. The van der Waals surface area contributed by atoms with Crippen molar-refractivity contribution in [3.8, 4) is 0 Å². The largest absolute Gasteiger partial charge is 0.477 e. The monoisotopic (exact) mass is 343 g/mol. The third-order valence-electron chi connectivity index (χ3n) is 4.06. The van der Waals surface area contributed by atoms with E-state index in [2.05, 4.69) is 0 Å². The SMILES string of the molecule is CC1SC(C(=O)O)=C(c2ccc(C(F)(F)F)cc2)N1CC1CC1. The van der Waals surface area contributed by atoms with E-state index in [4.69, 9.17) is 0 Å². The molecule has 0 bridgehead atoms. The fourth-order valence-corrected chi connectivity index (χ4v) is 3.79. The molecule has 1 N–H and O–H groups in total. The van der Waals surface area contributed by atoms with Gasteiger partial charge in [-0.05, 0) is 43.4 Å². The molecule has 1 aliphatic carbocycles. The van der Waals surface area contributed by atoms with Crippen molar-refractivity contribution in [2.24, 2.45) is 5.92 Å². The minimum Gasteiger partial charge on any atom is -0.477 e. The Kier molecular flexibility index (Phi) is 4.08. The predicted octanol–water partition coefficient (Wildman–Crippen LogP) is 4.26. The van der Waals surface area contributed by atoms with E-state index in [0.29, 0.717) is 17.2 Å². The Bertz CT molecular complexity index is 650. The Morgan fingerprint density at radius 2 is 1.91 bits per heavy atom. The van der Waals surface area contributed by atoms with Crippen LogP contribution >= 0.6 is 11.8 Å². The molecule has 7 heteroatoms. The van der Waals surface area contributed by atoms with Gasteiger partial charge in [-0.15, -0.1) is 0 Å². The van der Waals surface area contributed by atoms with E-state index in [1.807, 2.05) is 11.8 Å². The zero-order chi connectivity index (χ0) is 16.8. The van der Waals surface area contributed by atoms with Gasteiger partial charge in [-0.2, -0.15) is 13.2 Å². The molecular weight excluding hydrogens is 327 g/mol. The Morgan fingerprint density at radius 3 is 2.39 bits per heavy atom. The molecule has 1 fully saturated rings. The molecule has 1 aromatic carbocycles. The molecule has 2 aliphatic rings. The summed E-state index contributed by atoms with van der Waals surface area (Å²) < 4.78 is 38.1. The quantitative estimate of drug-likeness (QED) is 0.887. The zero-order valence-electron chi connectivity index (χ0n) is 12.4. The second kappa shape index (κ2) is 5.78. The van der Waals surface area contributed by atoms with Crippen molar-refractivity contribution in [1.82, 2.24) is 4.90 Å². The number of carboxylic acid groups (broad SMARTS) is 1. The normalized spacial score (nSPS) is 21.9. The summed E-state index contributed by atoms with van der Waals surface area (Å²) in [6.07, 6.45) is -2.15. The number of carboxylic acids is 1. The van der Waals surface area contributed by atoms with Crippen LogP contribution in [-0.4, -0.2) is 27.9 Å². The molecule has 0 saturated heterocycles. The highest BCUT2D eigenvalue weighted by atomic mass is 32.2. The average molecular weight is 343 g/mol. The van der Waals surface area contributed by atoms with E-state index in [0.717, 1.165) is 31.5 Å². The summed E-state index contributed by atoms with van der Waals surface area (Å²) in [5.41, 5.74) is 0.328. The number of rotatable bonds is 4. The van der Waals surface area contributed by atoms with Gasteiger partial charge in [0, 0.05) is 6.54 Å². The van der Waals surface area contributed by atoms with Gasteiger partial charge in [0.05, 0.1) is 16.6 Å². The van der Waals surface area contributed by atoms with Crippen molar-refractivity contribution in [1.29, 1.82) is 0 Å². The van der Waals surface area contributed by atoms with Gasteiger partial charge in [-0.1, -0.05) is 23.9 Å². The maximum atomic E-state index is 12.7. The van der Waals surface area contributed by atoms with Crippen LogP contribution in [0.4, 0.5) is 13.2 Å². The molecule has 0 aromatic heterocycles. The zero-order valence-corrected chi connectivity index (χ0v) is 13.2. The van der Waals surface area contributed by atoms with E-state index < -0.39 is 17.7 Å². The number of hydrogen-bond acceptors (Lipinski definition) is 3. The Balaban J connectivity index is 1.97. The predicted molar refractivity (Wildman–Crippen MR) is 82.5 cm³/mol. The Labute approximate surface area is 136 Å². The van der Waals surface area contributed by atoms with Crippen molar-refractivity contribution < 1.29 is 23.1 Å². The molecule has 1 aliphatic heterocycles. The average Bonchev–Trinajstić information content (AvgIpc) is 3.22. The van der Waals surface area contributed by atoms with Crippen LogP contribution in [0.3, 0.4) is 0 Å². The maximum absolute atomic E-state index is 12.7. The highest BCUT2D eigenvalue weighted by Gasteiger charge is 2.37. The summed E-state index contributed by atoms with van der Waals surface area (Å²) in [6, 6.07) is 4.73. The van der Waals surface area contributed by atoms with E-state index in [1.54, 1.807) is 0 Å². The molecular formula is C16H16F3NO2S. The van der Waals surface area contributed by atoms with Gasteiger partial charge in [0.1, 0.15) is 4.91 Å². The summed E-state index contributed by atoms with van der Waals surface area (Å²) in [5.74, 6) is -0.481. The molecule has 3 rings (SSSR count). The maximum Gasteiger partial charge on any atom is 0.416 e. The van der Waals surface area contributed by atoms with Crippen LogP contribution in [-0.2, 0) is 11.0 Å². The number of thioether (sulfide) groups is 1. The van der Waals surface area contributed by atoms with Gasteiger partial charge in [-0.3, -0.25) is 0 Å². The first-order valence-corrected chi connectivity index (χ1v) is 8.24. The number of alkyl halides is 3. The minimum atomic E-state index is -4.39. The van der Waals surface area contributed by atoms with Gasteiger partial charge < -0.3 is 10.0 Å². The lowest BCUT2D eigenvalue weighted by Crippen LogP contribution is -2.27. The molecule has 1 heterocycles. The van der Waals surface area contributed by atoms with E-state index >= 15 is 0 Å². The number of hydrogen-bond donors (Lipinski definition) is 1. The molecule has 23 heavy (non-hydrogen) atoms. The number of halogens is 3. The van der Waals surface area contributed by atoms with Crippen molar-refractivity contribution in [2.45, 2.75) is 31.3 Å². The Hall–Kier alpha value is -1.63. The number of nitrogens with zero attached hydrogens (tertiary/aromatic N) is 1. The molecule has 0 amide bonds. The molecule has 0 spiro atoms. The molecule has 3 nitrogen and oxygen atoms in total. The first-order valence-electron chi connectivity index (χ1n) is 7.36. The van der Waals surface area contributed by atoms with Crippen molar-refractivity contribution in [3.05, 3.63) is 40.3 Å². The van der Waals surface area contributed by atoms with Crippen LogP contribution in [0.15, 0.2) is 29.2 Å². The fraction of sp³-hybridized carbons (Fsp3) is 0.438. The standard InChI is InChI=1S/C16H16F3NO2S/c1-9-20(8-10-2-3-10)13(14(23-9)15(21)22)11-4-6-12(7-5-11)16(17,18)19/h4-7,9-10H,2-3,8H2,1H3,(H,21,22). The minimum absolute atomic E-state index is 0.0287.